The minimum absolute atomic E-state index is 0.146. The van der Waals surface area contributed by atoms with E-state index < -0.39 is 0 Å². The molecule has 1 aliphatic carbocycles. The van der Waals surface area contributed by atoms with Crippen molar-refractivity contribution in [2.45, 2.75) is 80.2 Å². The molecule has 0 saturated heterocycles. The van der Waals surface area contributed by atoms with E-state index in [1.165, 1.54) is 47.9 Å². The van der Waals surface area contributed by atoms with Crippen molar-refractivity contribution in [2.75, 3.05) is 6.61 Å². The summed E-state index contributed by atoms with van der Waals surface area (Å²) in [5.74, 6) is 0.916. The van der Waals surface area contributed by atoms with Gasteiger partial charge in [0.15, 0.2) is 0 Å². The maximum absolute atomic E-state index is 13.0. The third-order valence-corrected chi connectivity index (χ3v) is 8.07. The molecule has 0 aliphatic heterocycles. The monoisotopic (exact) mass is 525 g/mol. The Morgan fingerprint density at radius 3 is 2.05 bits per heavy atom. The van der Waals surface area contributed by atoms with Crippen molar-refractivity contribution >= 4 is 11.5 Å². The number of amides is 1. The molecule has 0 aromatic heterocycles. The number of hydrogen-bond acceptors (Lipinski definition) is 2. The molecule has 1 atom stereocenters. The van der Waals surface area contributed by atoms with Gasteiger partial charge >= 0.3 is 0 Å². The Bertz CT molecular complexity index is 1210. The summed E-state index contributed by atoms with van der Waals surface area (Å²) in [5.41, 5.74) is 8.72. The summed E-state index contributed by atoms with van der Waals surface area (Å²) in [6.45, 7) is 19.3. The van der Waals surface area contributed by atoms with Crippen molar-refractivity contribution in [3.63, 3.8) is 0 Å². The van der Waals surface area contributed by atoms with E-state index in [9.17, 15) is 4.79 Å². The zero-order valence-electron chi connectivity index (χ0n) is 25.1. The normalized spacial score (nSPS) is 15.9. The van der Waals surface area contributed by atoms with Crippen molar-refractivity contribution < 1.29 is 9.53 Å². The molecule has 1 amide bonds. The van der Waals surface area contributed by atoms with Gasteiger partial charge in [-0.3, -0.25) is 4.79 Å². The van der Waals surface area contributed by atoms with Crippen molar-refractivity contribution in [2.24, 2.45) is 11.3 Å². The van der Waals surface area contributed by atoms with Crippen LogP contribution in [0.2, 0.25) is 0 Å². The lowest BCUT2D eigenvalue weighted by Gasteiger charge is -2.44. The van der Waals surface area contributed by atoms with Gasteiger partial charge in [0, 0.05) is 5.57 Å². The number of carbonyl (C=O) groups is 1. The summed E-state index contributed by atoms with van der Waals surface area (Å²) >= 11 is 0. The van der Waals surface area contributed by atoms with Crippen molar-refractivity contribution in [3.8, 4) is 0 Å². The molecule has 2 aromatic carbocycles. The van der Waals surface area contributed by atoms with Crippen LogP contribution in [0.15, 0.2) is 90.2 Å². The molecule has 1 aliphatic rings. The highest BCUT2D eigenvalue weighted by atomic mass is 16.5. The molecule has 3 heteroatoms. The minimum atomic E-state index is -0.165. The average Bonchev–Trinajstić information content (AvgIpc) is 2.91. The number of carbonyl (C=O) groups excluding carboxylic acids is 1. The van der Waals surface area contributed by atoms with Gasteiger partial charge in [0.1, 0.15) is 5.76 Å². The first-order valence-corrected chi connectivity index (χ1v) is 14.5. The summed E-state index contributed by atoms with van der Waals surface area (Å²) in [4.78, 5) is 13.0. The Balaban J connectivity index is 1.80. The lowest BCUT2D eigenvalue weighted by molar-refractivity contribution is -0.117. The Hall–Kier alpha value is -3.33. The number of nitrogens with one attached hydrogen (secondary N) is 1. The maximum Gasteiger partial charge on any atom is 0.251 e. The fourth-order valence-corrected chi connectivity index (χ4v) is 5.22. The van der Waals surface area contributed by atoms with Crippen molar-refractivity contribution in [1.29, 1.82) is 0 Å². The predicted octanol–water partition coefficient (Wildman–Crippen LogP) is 9.26. The molecule has 1 fully saturated rings. The third-order valence-electron chi connectivity index (χ3n) is 8.07. The Labute approximate surface area is 236 Å². The van der Waals surface area contributed by atoms with Gasteiger partial charge in [-0.25, -0.2) is 0 Å². The van der Waals surface area contributed by atoms with E-state index in [1.54, 1.807) is 17.7 Å². The zero-order valence-corrected chi connectivity index (χ0v) is 25.1. The van der Waals surface area contributed by atoms with Gasteiger partial charge in [0.05, 0.1) is 12.6 Å². The van der Waals surface area contributed by atoms with E-state index in [-0.39, 0.29) is 11.9 Å². The molecular weight excluding hydrogens is 478 g/mol. The minimum Gasteiger partial charge on any atom is -0.494 e. The van der Waals surface area contributed by atoms with E-state index in [1.807, 2.05) is 19.9 Å². The summed E-state index contributed by atoms with van der Waals surface area (Å²) in [6, 6.07) is 17.4. The second-order valence-electron chi connectivity index (χ2n) is 11.4. The van der Waals surface area contributed by atoms with Crippen LogP contribution in [0.5, 0.6) is 0 Å². The molecule has 1 N–H and O–H groups in total. The van der Waals surface area contributed by atoms with E-state index in [2.05, 4.69) is 95.0 Å². The summed E-state index contributed by atoms with van der Waals surface area (Å²) in [5, 5.41) is 3.13. The number of ether oxygens (including phenoxy) is 1. The molecular formula is C36H47NO2. The van der Waals surface area contributed by atoms with E-state index >= 15 is 0 Å². The topological polar surface area (TPSA) is 38.3 Å². The number of allylic oxidation sites excluding steroid dienone is 3. The van der Waals surface area contributed by atoms with Crippen LogP contribution in [0.4, 0.5) is 0 Å². The molecule has 0 heterocycles. The van der Waals surface area contributed by atoms with Gasteiger partial charge in [0.25, 0.3) is 5.91 Å². The van der Waals surface area contributed by atoms with Crippen LogP contribution in [0, 0.1) is 18.3 Å². The second-order valence-corrected chi connectivity index (χ2v) is 11.4. The van der Waals surface area contributed by atoms with Crippen molar-refractivity contribution in [3.05, 3.63) is 112 Å². The molecule has 3 nitrogen and oxygen atoms in total. The average molecular weight is 526 g/mol. The van der Waals surface area contributed by atoms with Crippen LogP contribution in [0.1, 0.15) is 95.5 Å². The zero-order chi connectivity index (χ0) is 28.6. The Morgan fingerprint density at radius 1 is 1.00 bits per heavy atom. The number of benzene rings is 2. The highest BCUT2D eigenvalue weighted by Gasteiger charge is 2.39. The molecule has 208 valence electrons. The van der Waals surface area contributed by atoms with Gasteiger partial charge in [-0.1, -0.05) is 100 Å². The third kappa shape index (κ3) is 7.62. The Morgan fingerprint density at radius 2 is 1.56 bits per heavy atom. The number of rotatable bonds is 12. The molecule has 0 spiro atoms. The van der Waals surface area contributed by atoms with E-state index in [4.69, 9.17) is 4.74 Å². The van der Waals surface area contributed by atoms with Gasteiger partial charge in [0.2, 0.25) is 0 Å². The number of hydrogen-bond donors (Lipinski definition) is 1. The van der Waals surface area contributed by atoms with Crippen molar-refractivity contribution in [1.82, 2.24) is 5.32 Å². The summed E-state index contributed by atoms with van der Waals surface area (Å²) in [7, 11) is 0. The highest BCUT2D eigenvalue weighted by molar-refractivity contribution is 5.96. The van der Waals surface area contributed by atoms with Gasteiger partial charge < -0.3 is 10.1 Å². The lowest BCUT2D eigenvalue weighted by Crippen LogP contribution is -2.31. The van der Waals surface area contributed by atoms with E-state index in [0.29, 0.717) is 29.3 Å². The summed E-state index contributed by atoms with van der Waals surface area (Å²) < 4.78 is 5.82. The lowest BCUT2D eigenvalue weighted by atomic mass is 9.60. The van der Waals surface area contributed by atoms with Crippen LogP contribution in [0.25, 0.3) is 5.57 Å². The standard InChI is InChI=1S/C36H47NO2/c1-9-28(21-33(10-2)39-24-25(5)6)35(38)37-27(8)29-17-19-31(20-18-29)34(30-15-13-26(7)14-16-30)32-22-36(11-3,12-4)23-32/h9-10,13-21,25,27H,1,11-12,22-24H2,2-8H3,(H,37,38)/b28-21+,33-10+. The van der Waals surface area contributed by atoms with Crippen LogP contribution in [-0.4, -0.2) is 12.5 Å². The van der Waals surface area contributed by atoms with Gasteiger partial charge in [-0.05, 0) is 92.2 Å². The molecule has 0 bridgehead atoms. The summed E-state index contributed by atoms with van der Waals surface area (Å²) in [6.07, 6.45) is 10.0. The molecule has 2 aromatic rings. The second kappa shape index (κ2) is 13.6. The SMILES string of the molecule is C=C/C(=C\C(=C/C)OCC(C)C)C(=O)NC(C)c1ccc(C(=C2CC(CC)(CC)C2)c2ccc(C)cc2)cc1. The largest absolute Gasteiger partial charge is 0.494 e. The molecule has 1 saturated carbocycles. The molecule has 1 unspecified atom stereocenters. The predicted molar refractivity (Wildman–Crippen MR) is 165 cm³/mol. The first-order chi connectivity index (χ1) is 18.6. The van der Waals surface area contributed by atoms with Crippen LogP contribution in [-0.2, 0) is 9.53 Å². The van der Waals surface area contributed by atoms with Crippen LogP contribution >= 0.6 is 0 Å². The molecule has 0 radical (unpaired) electrons. The van der Waals surface area contributed by atoms with Gasteiger partial charge in [-0.15, -0.1) is 0 Å². The van der Waals surface area contributed by atoms with E-state index in [0.717, 1.165) is 5.56 Å². The fourth-order valence-electron chi connectivity index (χ4n) is 5.22. The smallest absolute Gasteiger partial charge is 0.251 e. The quantitative estimate of drug-likeness (QED) is 0.170. The number of aryl methyl sites for hydroxylation is 1. The fraction of sp³-hybridized carbons (Fsp3) is 0.417. The van der Waals surface area contributed by atoms with Crippen LogP contribution in [0.3, 0.4) is 0 Å². The van der Waals surface area contributed by atoms with Gasteiger partial charge in [-0.2, -0.15) is 0 Å². The Kier molecular flexibility index (Phi) is 10.6. The van der Waals surface area contributed by atoms with Crippen LogP contribution < -0.4 is 5.32 Å². The molecule has 39 heavy (non-hydrogen) atoms. The highest BCUT2D eigenvalue weighted by Crippen LogP contribution is 2.53. The molecule has 3 rings (SSSR count). The maximum atomic E-state index is 13.0. The first-order valence-electron chi connectivity index (χ1n) is 14.5. The first kappa shape index (κ1) is 30.2.